The van der Waals surface area contributed by atoms with Crippen molar-refractivity contribution in [2.24, 2.45) is 0 Å². The maximum absolute atomic E-state index is 12.5. The van der Waals surface area contributed by atoms with Crippen LogP contribution in [0.15, 0.2) is 23.1 Å². The number of aromatic nitrogens is 1. The highest BCUT2D eigenvalue weighted by Gasteiger charge is 2.34. The van der Waals surface area contributed by atoms with E-state index in [-0.39, 0.29) is 12.6 Å². The highest BCUT2D eigenvalue weighted by atomic mass is 19.4. The highest BCUT2D eigenvalue weighted by Crippen LogP contribution is 2.25. The highest BCUT2D eigenvalue weighted by molar-refractivity contribution is 5.76. The lowest BCUT2D eigenvalue weighted by Crippen LogP contribution is -2.40. The van der Waals surface area contributed by atoms with Gasteiger partial charge < -0.3 is 14.6 Å². The molecule has 0 bridgehead atoms. The van der Waals surface area contributed by atoms with E-state index in [0.717, 1.165) is 16.8 Å². The monoisotopic (exact) mass is 292 g/mol. The predicted octanol–water partition coefficient (Wildman–Crippen LogP) is 1.02. The fourth-order valence-electron chi connectivity index (χ4n) is 1.64. The summed E-state index contributed by atoms with van der Waals surface area (Å²) in [6.07, 6.45) is -3.60. The maximum atomic E-state index is 12.5. The molecule has 8 heteroatoms. The van der Waals surface area contributed by atoms with Crippen LogP contribution in [0.25, 0.3) is 0 Å². The molecule has 1 amide bonds. The van der Waals surface area contributed by atoms with Crippen molar-refractivity contribution in [3.63, 3.8) is 0 Å². The van der Waals surface area contributed by atoms with Crippen molar-refractivity contribution in [2.45, 2.75) is 25.7 Å². The summed E-state index contributed by atoms with van der Waals surface area (Å²) in [6.45, 7) is 1.47. The van der Waals surface area contributed by atoms with Crippen LogP contribution in [-0.4, -0.2) is 30.2 Å². The summed E-state index contributed by atoms with van der Waals surface area (Å²) in [5.74, 6) is -0.559. The average molecular weight is 292 g/mol. The Bertz CT molecular complexity index is 525. The van der Waals surface area contributed by atoms with Crippen LogP contribution in [-0.2, 0) is 22.3 Å². The minimum atomic E-state index is -4.74. The lowest BCUT2D eigenvalue weighted by Gasteiger charge is -2.14. The van der Waals surface area contributed by atoms with Crippen LogP contribution < -0.4 is 10.9 Å². The zero-order valence-corrected chi connectivity index (χ0v) is 11.0. The van der Waals surface area contributed by atoms with Crippen molar-refractivity contribution in [3.8, 4) is 0 Å². The van der Waals surface area contributed by atoms with Crippen LogP contribution >= 0.6 is 0 Å². The number of carbonyl (C=O) groups is 1. The molecular formula is C12H15F3N2O3. The van der Waals surface area contributed by atoms with Crippen molar-refractivity contribution in [1.29, 1.82) is 0 Å². The van der Waals surface area contributed by atoms with Gasteiger partial charge in [-0.15, -0.1) is 0 Å². The van der Waals surface area contributed by atoms with Crippen LogP contribution in [0.4, 0.5) is 13.2 Å². The number of alkyl halides is 3. The van der Waals surface area contributed by atoms with E-state index in [1.807, 2.05) is 0 Å². The van der Waals surface area contributed by atoms with Crippen molar-refractivity contribution in [3.05, 3.63) is 34.2 Å². The first-order valence-electron chi connectivity index (χ1n) is 5.80. The third-order valence-electron chi connectivity index (χ3n) is 2.46. The number of hydrogen-bond acceptors (Lipinski definition) is 3. The Labute approximate surface area is 113 Å². The molecule has 1 N–H and O–H groups in total. The Morgan fingerprint density at radius 2 is 2.15 bits per heavy atom. The minimum Gasteiger partial charge on any atom is -0.383 e. The molecule has 0 saturated heterocycles. The molecule has 1 aromatic heterocycles. The van der Waals surface area contributed by atoms with Crippen molar-refractivity contribution < 1.29 is 22.7 Å². The molecule has 0 aliphatic heterocycles. The summed E-state index contributed by atoms with van der Waals surface area (Å²) >= 11 is 0. The molecule has 0 spiro atoms. The van der Waals surface area contributed by atoms with Gasteiger partial charge in [-0.3, -0.25) is 9.59 Å². The van der Waals surface area contributed by atoms with Gasteiger partial charge in [0.25, 0.3) is 5.56 Å². The molecule has 1 aromatic rings. The first-order chi connectivity index (χ1) is 9.25. The quantitative estimate of drug-likeness (QED) is 0.881. The topological polar surface area (TPSA) is 60.3 Å². The van der Waals surface area contributed by atoms with Gasteiger partial charge in [-0.1, -0.05) is 0 Å². The Morgan fingerprint density at radius 3 is 2.70 bits per heavy atom. The van der Waals surface area contributed by atoms with E-state index < -0.39 is 29.8 Å². The van der Waals surface area contributed by atoms with Crippen LogP contribution in [0.1, 0.15) is 12.5 Å². The fraction of sp³-hybridized carbons (Fsp3) is 0.500. The summed E-state index contributed by atoms with van der Waals surface area (Å²) in [4.78, 5) is 23.2. The van der Waals surface area contributed by atoms with Gasteiger partial charge in [0, 0.05) is 19.3 Å². The van der Waals surface area contributed by atoms with Gasteiger partial charge in [-0.25, -0.2) is 0 Å². The standard InChI is InChI=1S/C12H15F3N2O3/c1-8(7-20-2)16-10(18)6-17-5-3-4-9(11(17)19)12(13,14)15/h3-5,8H,6-7H2,1-2H3,(H,16,18). The Balaban J connectivity index is 2.84. The molecular weight excluding hydrogens is 277 g/mol. The van der Waals surface area contributed by atoms with E-state index in [9.17, 15) is 22.8 Å². The lowest BCUT2D eigenvalue weighted by atomic mass is 10.2. The predicted molar refractivity (Wildman–Crippen MR) is 65.2 cm³/mol. The molecule has 0 radical (unpaired) electrons. The molecule has 5 nitrogen and oxygen atoms in total. The van der Waals surface area contributed by atoms with Gasteiger partial charge >= 0.3 is 6.18 Å². The number of hydrogen-bond donors (Lipinski definition) is 1. The summed E-state index contributed by atoms with van der Waals surface area (Å²) in [5, 5.41) is 2.51. The molecule has 0 saturated carbocycles. The van der Waals surface area contributed by atoms with Gasteiger partial charge in [0.2, 0.25) is 5.91 Å². The zero-order chi connectivity index (χ0) is 15.3. The smallest absolute Gasteiger partial charge is 0.383 e. The maximum Gasteiger partial charge on any atom is 0.421 e. The van der Waals surface area contributed by atoms with Crippen LogP contribution in [0, 0.1) is 0 Å². The van der Waals surface area contributed by atoms with E-state index in [0.29, 0.717) is 6.07 Å². The molecule has 0 aliphatic rings. The number of pyridine rings is 1. The molecule has 1 heterocycles. The van der Waals surface area contributed by atoms with E-state index in [1.54, 1.807) is 6.92 Å². The van der Waals surface area contributed by atoms with Gasteiger partial charge in [0.05, 0.1) is 6.61 Å². The summed E-state index contributed by atoms with van der Waals surface area (Å²) in [7, 11) is 1.46. The Kier molecular flexibility index (Phi) is 5.32. The second-order valence-electron chi connectivity index (χ2n) is 4.28. The van der Waals surface area contributed by atoms with Gasteiger partial charge in [0.15, 0.2) is 0 Å². The van der Waals surface area contributed by atoms with Crippen molar-refractivity contribution in [1.82, 2.24) is 9.88 Å². The van der Waals surface area contributed by atoms with Crippen molar-refractivity contribution >= 4 is 5.91 Å². The Morgan fingerprint density at radius 1 is 1.50 bits per heavy atom. The molecule has 20 heavy (non-hydrogen) atoms. The van der Waals surface area contributed by atoms with Crippen LogP contribution in [0.5, 0.6) is 0 Å². The number of amides is 1. The number of nitrogens with zero attached hydrogens (tertiary/aromatic N) is 1. The summed E-state index contributed by atoms with van der Waals surface area (Å²) in [6, 6.07) is 1.47. The Hall–Kier alpha value is -1.83. The van der Waals surface area contributed by atoms with Gasteiger partial charge in [-0.2, -0.15) is 13.2 Å². The third-order valence-corrected chi connectivity index (χ3v) is 2.46. The number of halogens is 3. The first kappa shape index (κ1) is 16.2. The first-order valence-corrected chi connectivity index (χ1v) is 5.80. The molecule has 0 aromatic carbocycles. The third kappa shape index (κ3) is 4.37. The van der Waals surface area contributed by atoms with E-state index in [2.05, 4.69) is 5.32 Å². The molecule has 0 fully saturated rings. The summed E-state index contributed by atoms with van der Waals surface area (Å²) in [5.41, 5.74) is -2.53. The normalized spacial score (nSPS) is 13.1. The lowest BCUT2D eigenvalue weighted by molar-refractivity contribution is -0.139. The van der Waals surface area contributed by atoms with Crippen LogP contribution in [0.3, 0.4) is 0 Å². The number of nitrogens with one attached hydrogen (secondary N) is 1. The van der Waals surface area contributed by atoms with E-state index in [1.165, 1.54) is 7.11 Å². The zero-order valence-electron chi connectivity index (χ0n) is 11.0. The van der Waals surface area contributed by atoms with Gasteiger partial charge in [0.1, 0.15) is 12.1 Å². The largest absolute Gasteiger partial charge is 0.421 e. The number of rotatable bonds is 5. The minimum absolute atomic E-state index is 0.267. The molecule has 112 valence electrons. The molecule has 1 unspecified atom stereocenters. The number of carbonyl (C=O) groups excluding carboxylic acids is 1. The molecule has 1 atom stereocenters. The fourth-order valence-corrected chi connectivity index (χ4v) is 1.64. The summed E-state index contributed by atoms with van der Waals surface area (Å²) < 4.78 is 43.2. The van der Waals surface area contributed by atoms with Crippen LogP contribution in [0.2, 0.25) is 0 Å². The van der Waals surface area contributed by atoms with Gasteiger partial charge in [-0.05, 0) is 19.1 Å². The van der Waals surface area contributed by atoms with E-state index >= 15 is 0 Å². The second-order valence-corrected chi connectivity index (χ2v) is 4.28. The SMILES string of the molecule is COCC(C)NC(=O)Cn1cccc(C(F)(F)F)c1=O. The molecule has 1 rings (SSSR count). The molecule has 0 aliphatic carbocycles. The second kappa shape index (κ2) is 6.56. The van der Waals surface area contributed by atoms with Crippen molar-refractivity contribution in [2.75, 3.05) is 13.7 Å². The average Bonchev–Trinajstić information content (AvgIpc) is 2.30. The number of ether oxygens (including phenoxy) is 1. The number of methoxy groups -OCH3 is 1. The van der Waals surface area contributed by atoms with E-state index in [4.69, 9.17) is 4.74 Å².